The first kappa shape index (κ1) is 14.7. The fourth-order valence-electron chi connectivity index (χ4n) is 1.86. The van der Waals surface area contributed by atoms with Crippen molar-refractivity contribution in [1.82, 2.24) is 4.98 Å². The molecule has 0 bridgehead atoms. The van der Waals surface area contributed by atoms with Gasteiger partial charge in [-0.2, -0.15) is 0 Å². The Hall–Kier alpha value is -2.73. The first-order chi connectivity index (χ1) is 10.0. The van der Waals surface area contributed by atoms with Gasteiger partial charge in [0.1, 0.15) is 0 Å². The van der Waals surface area contributed by atoms with E-state index in [-0.39, 0.29) is 11.9 Å². The number of pyridine rings is 1. The predicted octanol–water partition coefficient (Wildman–Crippen LogP) is 0.854. The molecule has 0 amide bonds. The van der Waals surface area contributed by atoms with Crippen molar-refractivity contribution in [3.63, 3.8) is 0 Å². The number of nitrogens with two attached hydrogens (primary N) is 3. The van der Waals surface area contributed by atoms with Crippen molar-refractivity contribution in [3.05, 3.63) is 53.7 Å². The number of aromatic nitrogens is 1. The molecule has 2 rings (SSSR count). The molecule has 108 valence electrons. The summed E-state index contributed by atoms with van der Waals surface area (Å²) in [5, 5.41) is 1.64. The largest absolute Gasteiger partial charge is 0.368 e. The van der Waals surface area contributed by atoms with Crippen molar-refractivity contribution < 1.29 is 5.32 Å². The summed E-state index contributed by atoms with van der Waals surface area (Å²) < 4.78 is 0. The van der Waals surface area contributed by atoms with Crippen LogP contribution in [0.2, 0.25) is 0 Å². The fourth-order valence-corrected chi connectivity index (χ4v) is 1.86. The molecule has 0 saturated heterocycles. The highest BCUT2D eigenvalue weighted by molar-refractivity contribution is 5.91. The topological polar surface area (TPSA) is 106 Å². The molecule has 0 spiro atoms. The highest BCUT2D eigenvalue weighted by Crippen LogP contribution is 2.19. The summed E-state index contributed by atoms with van der Waals surface area (Å²) >= 11 is 0. The van der Waals surface area contributed by atoms with Gasteiger partial charge in [0.2, 0.25) is 11.8 Å². The van der Waals surface area contributed by atoms with Crippen LogP contribution in [0.5, 0.6) is 0 Å². The summed E-state index contributed by atoms with van der Waals surface area (Å²) in [5.41, 5.74) is 14.6. The Morgan fingerprint density at radius 2 is 1.95 bits per heavy atom. The second kappa shape index (κ2) is 6.62. The maximum absolute atomic E-state index is 5.82. The summed E-state index contributed by atoms with van der Waals surface area (Å²) in [6, 6.07) is 11.5. The minimum absolute atomic E-state index is 0.117. The van der Waals surface area contributed by atoms with Gasteiger partial charge in [0.05, 0.1) is 5.69 Å². The highest BCUT2D eigenvalue weighted by atomic mass is 15.2. The lowest BCUT2D eigenvalue weighted by molar-refractivity contribution is -0.450. The number of quaternary nitrogens is 1. The third-order valence-corrected chi connectivity index (χ3v) is 2.81. The molecule has 6 nitrogen and oxygen atoms in total. The van der Waals surface area contributed by atoms with E-state index < -0.39 is 0 Å². The SMILES string of the molecule is Cc1ccc(N=C(N)N=C(N)[NH2+]c2ccccn2)c(C)c1. The van der Waals surface area contributed by atoms with Crippen LogP contribution in [0.1, 0.15) is 11.1 Å². The van der Waals surface area contributed by atoms with Crippen LogP contribution in [0.15, 0.2) is 52.6 Å². The average Bonchev–Trinajstić information content (AvgIpc) is 2.43. The van der Waals surface area contributed by atoms with E-state index in [0.29, 0.717) is 0 Å². The monoisotopic (exact) mass is 283 g/mol. The van der Waals surface area contributed by atoms with E-state index in [2.05, 4.69) is 15.0 Å². The molecule has 2 aromatic rings. The molecule has 0 unspecified atom stereocenters. The molecule has 6 heteroatoms. The summed E-state index contributed by atoms with van der Waals surface area (Å²) in [5.74, 6) is 1.10. The van der Waals surface area contributed by atoms with Crippen LogP contribution < -0.4 is 16.8 Å². The predicted molar refractivity (Wildman–Crippen MR) is 84.6 cm³/mol. The Morgan fingerprint density at radius 1 is 1.14 bits per heavy atom. The number of hydrogen-bond acceptors (Lipinski definition) is 2. The molecule has 0 aliphatic heterocycles. The molecule has 1 heterocycles. The molecule has 1 aromatic heterocycles. The van der Waals surface area contributed by atoms with Crippen LogP contribution in [-0.4, -0.2) is 16.9 Å². The Morgan fingerprint density at radius 3 is 2.62 bits per heavy atom. The Balaban J connectivity index is 2.13. The highest BCUT2D eigenvalue weighted by Gasteiger charge is 2.03. The van der Waals surface area contributed by atoms with Gasteiger partial charge in [0.25, 0.3) is 0 Å². The van der Waals surface area contributed by atoms with Crippen LogP contribution in [0.25, 0.3) is 0 Å². The maximum Gasteiger partial charge on any atom is 0.306 e. The first-order valence-electron chi connectivity index (χ1n) is 6.56. The Labute approximate surface area is 123 Å². The van der Waals surface area contributed by atoms with Gasteiger partial charge in [-0.25, -0.2) is 15.3 Å². The lowest BCUT2D eigenvalue weighted by atomic mass is 10.1. The molecular weight excluding hydrogens is 264 g/mol. The zero-order valence-corrected chi connectivity index (χ0v) is 12.1. The van der Waals surface area contributed by atoms with Gasteiger partial charge < -0.3 is 11.5 Å². The lowest BCUT2D eigenvalue weighted by Crippen LogP contribution is -2.85. The molecular formula is C15H19N6+. The van der Waals surface area contributed by atoms with Crippen molar-refractivity contribution >= 4 is 23.4 Å². The number of rotatable bonds is 2. The van der Waals surface area contributed by atoms with Crippen molar-refractivity contribution in [2.24, 2.45) is 21.5 Å². The van der Waals surface area contributed by atoms with Crippen LogP contribution in [-0.2, 0) is 0 Å². The molecule has 6 N–H and O–H groups in total. The molecule has 0 saturated carbocycles. The van der Waals surface area contributed by atoms with Gasteiger partial charge in [0, 0.05) is 12.3 Å². The summed E-state index contributed by atoms with van der Waals surface area (Å²) in [6.07, 6.45) is 1.69. The molecule has 0 aliphatic carbocycles. The molecule has 0 radical (unpaired) electrons. The molecule has 0 aliphatic rings. The van der Waals surface area contributed by atoms with Crippen LogP contribution >= 0.6 is 0 Å². The zero-order valence-electron chi connectivity index (χ0n) is 12.1. The van der Waals surface area contributed by atoms with Crippen LogP contribution in [0.4, 0.5) is 11.5 Å². The smallest absolute Gasteiger partial charge is 0.306 e. The maximum atomic E-state index is 5.82. The second-order valence-corrected chi connectivity index (χ2v) is 4.70. The molecule has 1 aromatic carbocycles. The van der Waals surface area contributed by atoms with Crippen molar-refractivity contribution in [1.29, 1.82) is 0 Å². The van der Waals surface area contributed by atoms with Gasteiger partial charge in [-0.3, -0.25) is 0 Å². The number of nitrogens with zero attached hydrogens (tertiary/aromatic N) is 3. The molecule has 0 fully saturated rings. The van der Waals surface area contributed by atoms with E-state index in [0.717, 1.165) is 17.1 Å². The zero-order chi connectivity index (χ0) is 15.2. The minimum Gasteiger partial charge on any atom is -0.368 e. The van der Waals surface area contributed by atoms with Gasteiger partial charge in [-0.1, -0.05) is 23.8 Å². The fraction of sp³-hybridized carbons (Fsp3) is 0.133. The quantitative estimate of drug-likeness (QED) is 0.562. The summed E-state index contributed by atoms with van der Waals surface area (Å²) in [7, 11) is 0. The van der Waals surface area contributed by atoms with E-state index >= 15 is 0 Å². The van der Waals surface area contributed by atoms with E-state index in [4.69, 9.17) is 11.5 Å². The van der Waals surface area contributed by atoms with Crippen molar-refractivity contribution in [2.75, 3.05) is 0 Å². The minimum atomic E-state index is 0.117. The van der Waals surface area contributed by atoms with Crippen LogP contribution in [0, 0.1) is 13.8 Å². The standard InChI is InChI=1S/C15H18N6/c1-10-6-7-12(11(2)9-10)19-14(16)21-15(17)20-13-5-3-4-8-18-13/h3-9H,1-2H3,(H5,16,17,18,19,20,21)/p+1. The third kappa shape index (κ3) is 4.39. The van der Waals surface area contributed by atoms with Crippen molar-refractivity contribution in [3.8, 4) is 0 Å². The van der Waals surface area contributed by atoms with E-state index in [1.165, 1.54) is 5.56 Å². The van der Waals surface area contributed by atoms with Gasteiger partial charge in [-0.15, -0.1) is 4.99 Å². The summed E-state index contributed by atoms with van der Waals surface area (Å²) in [4.78, 5) is 12.5. The van der Waals surface area contributed by atoms with Gasteiger partial charge >= 0.3 is 5.96 Å². The number of guanidine groups is 2. The van der Waals surface area contributed by atoms with Gasteiger partial charge in [0.15, 0.2) is 0 Å². The summed E-state index contributed by atoms with van der Waals surface area (Å²) in [6.45, 7) is 4.01. The van der Waals surface area contributed by atoms with Gasteiger partial charge in [-0.05, 0) is 31.5 Å². The number of aryl methyl sites for hydroxylation is 2. The molecule has 21 heavy (non-hydrogen) atoms. The van der Waals surface area contributed by atoms with E-state index in [1.54, 1.807) is 11.5 Å². The van der Waals surface area contributed by atoms with Crippen LogP contribution in [0.3, 0.4) is 0 Å². The van der Waals surface area contributed by atoms with Crippen molar-refractivity contribution in [2.45, 2.75) is 13.8 Å². The number of hydrogen-bond donors (Lipinski definition) is 3. The molecule has 0 atom stereocenters. The third-order valence-electron chi connectivity index (χ3n) is 2.81. The average molecular weight is 283 g/mol. The first-order valence-corrected chi connectivity index (χ1v) is 6.56. The normalized spacial score (nSPS) is 12.5. The number of benzene rings is 1. The Bertz CT molecular complexity index is 676. The number of aliphatic imine (C=N–C) groups is 2. The Kier molecular flexibility index (Phi) is 4.63. The van der Waals surface area contributed by atoms with E-state index in [9.17, 15) is 0 Å². The van der Waals surface area contributed by atoms with E-state index in [1.807, 2.05) is 50.2 Å². The lowest BCUT2D eigenvalue weighted by Gasteiger charge is -2.02. The second-order valence-electron chi connectivity index (χ2n) is 4.70.